The highest BCUT2D eigenvalue weighted by Gasteiger charge is 2.36. The van der Waals surface area contributed by atoms with Gasteiger partial charge in [0.05, 0.1) is 0 Å². The number of hydrogen-bond acceptors (Lipinski definition) is 6. The molecule has 0 spiro atoms. The molecule has 2 unspecified atom stereocenters. The molecule has 1 aromatic rings. The lowest BCUT2D eigenvalue weighted by Crippen LogP contribution is -2.53. The highest BCUT2D eigenvalue weighted by Crippen LogP contribution is 2.26. The third kappa shape index (κ3) is 10.7. The van der Waals surface area contributed by atoms with Crippen molar-refractivity contribution < 1.29 is 29.0 Å². The average Bonchev–Trinajstić information content (AvgIpc) is 2.74. The minimum atomic E-state index is -1.15. The number of alkyl carbamates (subject to hydrolysis) is 1. The number of aromatic hydroxyl groups is 1. The van der Waals surface area contributed by atoms with Crippen molar-refractivity contribution in [2.75, 3.05) is 13.1 Å². The van der Waals surface area contributed by atoms with E-state index in [1.54, 1.807) is 32.9 Å². The zero-order valence-electron chi connectivity index (χ0n) is 21.4. The highest BCUT2D eigenvalue weighted by atomic mass is 16.6. The Morgan fingerprint density at radius 1 is 1.14 bits per heavy atom. The Morgan fingerprint density at radius 2 is 1.83 bits per heavy atom. The Labute approximate surface area is 207 Å². The molecular formula is C25H40N4O6. The fourth-order valence-corrected chi connectivity index (χ4v) is 3.45. The Kier molecular flexibility index (Phi) is 12.0. The van der Waals surface area contributed by atoms with Gasteiger partial charge in [0.1, 0.15) is 23.4 Å². The van der Waals surface area contributed by atoms with Gasteiger partial charge in [-0.25, -0.2) is 4.79 Å². The van der Waals surface area contributed by atoms with Crippen LogP contribution in [0.4, 0.5) is 4.79 Å². The van der Waals surface area contributed by atoms with Gasteiger partial charge in [0, 0.05) is 19.5 Å². The fourth-order valence-electron chi connectivity index (χ4n) is 3.45. The average molecular weight is 493 g/mol. The number of carbonyl (C=O) groups excluding carboxylic acids is 4. The quantitative estimate of drug-likeness (QED) is 0.311. The summed E-state index contributed by atoms with van der Waals surface area (Å²) in [5.41, 5.74) is 4.92. The maximum Gasteiger partial charge on any atom is 0.408 e. The maximum absolute atomic E-state index is 13.7. The molecule has 2 atom stereocenters. The zero-order valence-corrected chi connectivity index (χ0v) is 21.4. The molecule has 10 heteroatoms. The summed E-state index contributed by atoms with van der Waals surface area (Å²) in [6, 6.07) is 3.95. The minimum Gasteiger partial charge on any atom is -0.508 e. The predicted octanol–water partition coefficient (Wildman–Crippen LogP) is 2.75. The molecule has 1 rings (SSSR count). The number of amides is 4. The van der Waals surface area contributed by atoms with E-state index in [0.29, 0.717) is 18.5 Å². The number of benzene rings is 1. The van der Waals surface area contributed by atoms with E-state index in [1.165, 1.54) is 17.0 Å². The monoisotopic (exact) mass is 492 g/mol. The molecule has 0 aliphatic carbocycles. The molecule has 0 radical (unpaired) electrons. The first-order chi connectivity index (χ1) is 16.4. The molecule has 10 nitrogen and oxygen atoms in total. The molecule has 0 aliphatic heterocycles. The van der Waals surface area contributed by atoms with Crippen molar-refractivity contribution in [1.29, 1.82) is 0 Å². The van der Waals surface area contributed by atoms with Crippen LogP contribution in [0.1, 0.15) is 78.3 Å². The summed E-state index contributed by atoms with van der Waals surface area (Å²) in [5.74, 6) is -1.64. The van der Waals surface area contributed by atoms with Crippen molar-refractivity contribution >= 4 is 23.8 Å². The number of nitrogens with zero attached hydrogens (tertiary/aromatic N) is 1. The van der Waals surface area contributed by atoms with Crippen LogP contribution < -0.4 is 16.4 Å². The summed E-state index contributed by atoms with van der Waals surface area (Å²) in [7, 11) is 0. The Morgan fingerprint density at radius 3 is 2.37 bits per heavy atom. The lowest BCUT2D eigenvalue weighted by molar-refractivity contribution is -0.142. The molecule has 0 saturated heterocycles. The second-order valence-electron chi connectivity index (χ2n) is 9.38. The molecule has 1 aromatic carbocycles. The van der Waals surface area contributed by atoms with Crippen molar-refractivity contribution in [3.63, 3.8) is 0 Å². The van der Waals surface area contributed by atoms with Gasteiger partial charge in [0.2, 0.25) is 17.7 Å². The molecular weight excluding hydrogens is 452 g/mol. The molecule has 35 heavy (non-hydrogen) atoms. The van der Waals surface area contributed by atoms with E-state index in [1.807, 2.05) is 13.8 Å². The topological polar surface area (TPSA) is 151 Å². The molecule has 196 valence electrons. The number of unbranched alkanes of at least 4 members (excludes halogenated alkanes) is 1. The SMILES string of the molecule is CCCCNC(=O)C(c1cccc(O)c1)N(CCC)C(=O)C(CCC(N)=O)NC(=O)OC(C)(C)C. The van der Waals surface area contributed by atoms with E-state index in [0.717, 1.165) is 12.8 Å². The van der Waals surface area contributed by atoms with Gasteiger partial charge in [0.25, 0.3) is 0 Å². The number of phenols is 1. The summed E-state index contributed by atoms with van der Waals surface area (Å²) >= 11 is 0. The van der Waals surface area contributed by atoms with E-state index in [9.17, 15) is 24.3 Å². The van der Waals surface area contributed by atoms with Gasteiger partial charge < -0.3 is 31.1 Å². The number of ether oxygens (including phenoxy) is 1. The smallest absolute Gasteiger partial charge is 0.408 e. The fraction of sp³-hybridized carbons (Fsp3) is 0.600. The molecule has 4 amide bonds. The van der Waals surface area contributed by atoms with Gasteiger partial charge in [0.15, 0.2) is 0 Å². The van der Waals surface area contributed by atoms with Crippen LogP contribution in [0.5, 0.6) is 5.75 Å². The zero-order chi connectivity index (χ0) is 26.6. The van der Waals surface area contributed by atoms with Crippen LogP contribution >= 0.6 is 0 Å². The van der Waals surface area contributed by atoms with Crippen LogP contribution in [-0.2, 0) is 19.1 Å². The molecule has 0 fully saturated rings. The van der Waals surface area contributed by atoms with E-state index in [-0.39, 0.29) is 25.1 Å². The van der Waals surface area contributed by atoms with Crippen molar-refractivity contribution in [1.82, 2.24) is 15.5 Å². The van der Waals surface area contributed by atoms with E-state index in [2.05, 4.69) is 10.6 Å². The molecule has 0 saturated carbocycles. The van der Waals surface area contributed by atoms with E-state index in [4.69, 9.17) is 10.5 Å². The second kappa shape index (κ2) is 14.2. The summed E-state index contributed by atoms with van der Waals surface area (Å²) in [6.07, 6.45) is 1.14. The Balaban J connectivity index is 3.38. The summed E-state index contributed by atoms with van der Waals surface area (Å²) in [6.45, 7) is 9.55. The highest BCUT2D eigenvalue weighted by molar-refractivity contribution is 5.92. The molecule has 0 heterocycles. The van der Waals surface area contributed by atoms with Gasteiger partial charge in [-0.3, -0.25) is 14.4 Å². The van der Waals surface area contributed by atoms with Crippen LogP contribution in [0.2, 0.25) is 0 Å². The summed E-state index contributed by atoms with van der Waals surface area (Å²) in [5, 5.41) is 15.4. The molecule has 0 aromatic heterocycles. The normalized spacial score (nSPS) is 12.8. The van der Waals surface area contributed by atoms with Crippen LogP contribution in [0, 0.1) is 0 Å². The number of nitrogens with two attached hydrogens (primary N) is 1. The van der Waals surface area contributed by atoms with Crippen molar-refractivity contribution in [3.8, 4) is 5.75 Å². The third-order valence-corrected chi connectivity index (χ3v) is 4.99. The van der Waals surface area contributed by atoms with Crippen LogP contribution in [0.3, 0.4) is 0 Å². The largest absolute Gasteiger partial charge is 0.508 e. The van der Waals surface area contributed by atoms with Crippen molar-refractivity contribution in [2.45, 2.75) is 84.4 Å². The van der Waals surface area contributed by atoms with Crippen molar-refractivity contribution in [2.24, 2.45) is 5.73 Å². The van der Waals surface area contributed by atoms with E-state index >= 15 is 0 Å². The maximum atomic E-state index is 13.7. The van der Waals surface area contributed by atoms with Gasteiger partial charge >= 0.3 is 6.09 Å². The number of carbonyl (C=O) groups is 4. The Bertz CT molecular complexity index is 868. The first-order valence-electron chi connectivity index (χ1n) is 12.0. The summed E-state index contributed by atoms with van der Waals surface area (Å²) in [4.78, 5) is 52.3. The molecule has 5 N–H and O–H groups in total. The Hall–Kier alpha value is -3.30. The first-order valence-corrected chi connectivity index (χ1v) is 12.0. The minimum absolute atomic E-state index is 0.0464. The van der Waals surface area contributed by atoms with Crippen LogP contribution in [-0.4, -0.2) is 58.6 Å². The first kappa shape index (κ1) is 29.7. The number of nitrogens with one attached hydrogen (secondary N) is 2. The van der Waals surface area contributed by atoms with Crippen LogP contribution in [0.15, 0.2) is 24.3 Å². The number of phenolic OH excluding ortho intramolecular Hbond substituents is 1. The van der Waals surface area contributed by atoms with Crippen LogP contribution in [0.25, 0.3) is 0 Å². The van der Waals surface area contributed by atoms with Gasteiger partial charge in [-0.2, -0.15) is 0 Å². The lowest BCUT2D eigenvalue weighted by Gasteiger charge is -2.34. The third-order valence-electron chi connectivity index (χ3n) is 4.99. The standard InChI is InChI=1S/C25H40N4O6/c1-6-8-14-27-22(32)21(17-10-9-11-18(30)16-17)29(15-7-2)23(33)19(12-13-20(26)31)28-24(34)35-25(3,4)5/h9-11,16,19,21,30H,6-8,12-15H2,1-5H3,(H2,26,31)(H,27,32)(H,28,34). The van der Waals surface area contributed by atoms with Gasteiger partial charge in [-0.05, 0) is 57.7 Å². The summed E-state index contributed by atoms with van der Waals surface area (Å²) < 4.78 is 5.29. The van der Waals surface area contributed by atoms with Gasteiger partial charge in [-0.1, -0.05) is 32.4 Å². The second-order valence-corrected chi connectivity index (χ2v) is 9.38. The van der Waals surface area contributed by atoms with Gasteiger partial charge in [-0.15, -0.1) is 0 Å². The number of rotatable bonds is 13. The number of hydrogen-bond donors (Lipinski definition) is 4. The predicted molar refractivity (Wildman–Crippen MR) is 132 cm³/mol. The van der Waals surface area contributed by atoms with E-state index < -0.39 is 41.5 Å². The molecule has 0 bridgehead atoms. The number of primary amides is 1. The molecule has 0 aliphatic rings. The van der Waals surface area contributed by atoms with Crippen molar-refractivity contribution in [3.05, 3.63) is 29.8 Å². The lowest BCUT2D eigenvalue weighted by atomic mass is 10.0.